The highest BCUT2D eigenvalue weighted by molar-refractivity contribution is 5.82. The summed E-state index contributed by atoms with van der Waals surface area (Å²) in [6, 6.07) is 0. The van der Waals surface area contributed by atoms with Gasteiger partial charge in [-0.1, -0.05) is 6.92 Å². The number of carbonyl (C=O) groups is 2. The van der Waals surface area contributed by atoms with Crippen LogP contribution in [-0.4, -0.2) is 30.1 Å². The summed E-state index contributed by atoms with van der Waals surface area (Å²) in [6.07, 6.45) is 4.60. The second kappa shape index (κ2) is 4.09. The molecule has 2 aliphatic rings. The Kier molecular flexibility index (Phi) is 3.02. The minimum absolute atomic E-state index is 0.00315. The van der Waals surface area contributed by atoms with Gasteiger partial charge in [-0.25, -0.2) is 4.79 Å². The van der Waals surface area contributed by atoms with Crippen molar-refractivity contribution in [3.63, 3.8) is 0 Å². The number of aliphatic hydroxyl groups is 1. The first-order chi connectivity index (χ1) is 8.00. The molecule has 2 bridgehead atoms. The van der Waals surface area contributed by atoms with Gasteiger partial charge < -0.3 is 14.6 Å². The number of hydrogen-bond acceptors (Lipinski definition) is 4. The van der Waals surface area contributed by atoms with Crippen LogP contribution < -0.4 is 0 Å². The van der Waals surface area contributed by atoms with Crippen LogP contribution >= 0.6 is 0 Å². The van der Waals surface area contributed by atoms with E-state index in [2.05, 4.69) is 0 Å². The Morgan fingerprint density at radius 2 is 2.12 bits per heavy atom. The van der Waals surface area contributed by atoms with E-state index in [-0.39, 0.29) is 5.92 Å². The van der Waals surface area contributed by atoms with Crippen molar-refractivity contribution >= 4 is 12.3 Å². The third-order valence-corrected chi connectivity index (χ3v) is 5.07. The predicted octanol–water partition coefficient (Wildman–Crippen LogP) is 1.31. The summed E-state index contributed by atoms with van der Waals surface area (Å²) in [5.74, 6) is -0.203. The van der Waals surface area contributed by atoms with Gasteiger partial charge in [-0.05, 0) is 37.5 Å². The van der Waals surface area contributed by atoms with Gasteiger partial charge in [0.1, 0.15) is 6.29 Å². The molecule has 0 amide bonds. The zero-order chi connectivity index (χ0) is 12.7. The van der Waals surface area contributed by atoms with Gasteiger partial charge in [-0.15, -0.1) is 0 Å². The van der Waals surface area contributed by atoms with Crippen molar-refractivity contribution in [1.29, 1.82) is 0 Å². The van der Waals surface area contributed by atoms with E-state index in [1.54, 1.807) is 0 Å². The number of fused-ring (bicyclic) bond motifs is 2. The Morgan fingerprint density at radius 1 is 1.47 bits per heavy atom. The molecule has 0 heterocycles. The number of hydrogen-bond donors (Lipinski definition) is 1. The molecule has 0 aliphatic heterocycles. The summed E-state index contributed by atoms with van der Waals surface area (Å²) in [6.45, 7) is 1.93. The number of rotatable bonds is 4. The fourth-order valence-corrected chi connectivity index (χ4v) is 4.03. The highest BCUT2D eigenvalue weighted by atomic mass is 16.5. The maximum Gasteiger partial charge on any atom is 0.338 e. The van der Waals surface area contributed by atoms with Crippen molar-refractivity contribution in [3.05, 3.63) is 0 Å². The number of carbonyl (C=O) groups excluding carboxylic acids is 2. The molecule has 4 nitrogen and oxygen atoms in total. The van der Waals surface area contributed by atoms with Crippen LogP contribution in [0.5, 0.6) is 0 Å². The van der Waals surface area contributed by atoms with E-state index in [0.29, 0.717) is 18.8 Å². The number of ether oxygens (including phenoxy) is 1. The minimum Gasteiger partial charge on any atom is -0.467 e. The summed E-state index contributed by atoms with van der Waals surface area (Å²) < 4.78 is 4.79. The van der Waals surface area contributed by atoms with E-state index in [1.165, 1.54) is 7.11 Å². The van der Waals surface area contributed by atoms with Gasteiger partial charge in [0.15, 0.2) is 5.60 Å². The lowest BCUT2D eigenvalue weighted by Crippen LogP contribution is -2.57. The Hall–Kier alpha value is -0.900. The monoisotopic (exact) mass is 240 g/mol. The molecule has 1 N–H and O–H groups in total. The molecule has 2 saturated carbocycles. The van der Waals surface area contributed by atoms with Crippen LogP contribution in [-0.2, 0) is 14.3 Å². The van der Waals surface area contributed by atoms with Crippen molar-refractivity contribution in [3.8, 4) is 0 Å². The molecule has 0 unspecified atom stereocenters. The first-order valence-electron chi connectivity index (χ1n) is 6.25. The lowest BCUT2D eigenvalue weighted by molar-refractivity contribution is -0.188. The normalized spacial score (nSPS) is 43.7. The molecule has 96 valence electrons. The number of esters is 1. The van der Waals surface area contributed by atoms with Gasteiger partial charge >= 0.3 is 5.97 Å². The molecule has 17 heavy (non-hydrogen) atoms. The van der Waals surface area contributed by atoms with E-state index in [9.17, 15) is 14.7 Å². The first kappa shape index (κ1) is 12.6. The lowest BCUT2D eigenvalue weighted by atomic mass is 9.62. The predicted molar refractivity (Wildman–Crippen MR) is 61.2 cm³/mol. The minimum atomic E-state index is -1.40. The van der Waals surface area contributed by atoms with Crippen LogP contribution in [0.15, 0.2) is 0 Å². The smallest absolute Gasteiger partial charge is 0.338 e. The summed E-state index contributed by atoms with van der Waals surface area (Å²) >= 11 is 0. The third-order valence-electron chi connectivity index (χ3n) is 5.07. The van der Waals surface area contributed by atoms with Crippen molar-refractivity contribution in [1.82, 2.24) is 0 Å². The average Bonchev–Trinajstić information content (AvgIpc) is 2.89. The average molecular weight is 240 g/mol. The molecular formula is C13H20O4. The zero-order valence-corrected chi connectivity index (χ0v) is 10.4. The number of aldehydes is 1. The molecule has 0 saturated heterocycles. The second-order valence-corrected chi connectivity index (χ2v) is 5.59. The fraction of sp³-hybridized carbons (Fsp3) is 0.846. The van der Waals surface area contributed by atoms with Gasteiger partial charge in [-0.3, -0.25) is 0 Å². The summed E-state index contributed by atoms with van der Waals surface area (Å²) in [5.41, 5.74) is -1.91. The molecule has 0 aromatic heterocycles. The Balaban J connectivity index is 2.33. The SMILES string of the molecule is COC(=O)[C@@]1(O)[C@H]2CC[C@H](C2)[C@@]1(C)CCC=O. The molecule has 2 aliphatic carbocycles. The molecular weight excluding hydrogens is 220 g/mol. The van der Waals surface area contributed by atoms with Gasteiger partial charge in [0.25, 0.3) is 0 Å². The molecule has 0 aromatic carbocycles. The van der Waals surface area contributed by atoms with Crippen LogP contribution in [0.3, 0.4) is 0 Å². The Bertz CT molecular complexity index is 340. The third kappa shape index (κ3) is 1.46. The standard InChI is InChI=1S/C13H20O4/c1-12(6-3-7-14)9-4-5-10(8-9)13(12,16)11(15)17-2/h7,9-10,16H,3-6,8H2,1-2H3/t9-,10+,12-,13+/m1/s1. The molecule has 4 heteroatoms. The lowest BCUT2D eigenvalue weighted by Gasteiger charge is -2.45. The van der Waals surface area contributed by atoms with Crippen molar-refractivity contribution in [2.75, 3.05) is 7.11 Å². The van der Waals surface area contributed by atoms with Crippen molar-refractivity contribution in [2.24, 2.45) is 17.3 Å². The van der Waals surface area contributed by atoms with E-state index in [0.717, 1.165) is 25.5 Å². The van der Waals surface area contributed by atoms with Gasteiger partial charge in [0.05, 0.1) is 7.11 Å². The van der Waals surface area contributed by atoms with E-state index in [4.69, 9.17) is 4.74 Å². The molecule has 0 aromatic rings. The topological polar surface area (TPSA) is 63.6 Å². The quantitative estimate of drug-likeness (QED) is 0.594. The van der Waals surface area contributed by atoms with E-state index < -0.39 is 17.0 Å². The van der Waals surface area contributed by atoms with Gasteiger partial charge in [-0.2, -0.15) is 0 Å². The highest BCUT2D eigenvalue weighted by Gasteiger charge is 2.68. The molecule has 0 spiro atoms. The van der Waals surface area contributed by atoms with E-state index in [1.807, 2.05) is 6.92 Å². The van der Waals surface area contributed by atoms with Crippen LogP contribution in [0.4, 0.5) is 0 Å². The van der Waals surface area contributed by atoms with Gasteiger partial charge in [0.2, 0.25) is 0 Å². The van der Waals surface area contributed by atoms with Crippen molar-refractivity contribution in [2.45, 2.75) is 44.6 Å². The molecule has 2 rings (SSSR count). The Morgan fingerprint density at radius 3 is 2.71 bits per heavy atom. The van der Waals surface area contributed by atoms with Crippen LogP contribution in [0.25, 0.3) is 0 Å². The van der Waals surface area contributed by atoms with Crippen LogP contribution in [0, 0.1) is 17.3 Å². The van der Waals surface area contributed by atoms with Gasteiger partial charge in [0, 0.05) is 11.8 Å². The molecule has 0 radical (unpaired) electrons. The van der Waals surface area contributed by atoms with Crippen molar-refractivity contribution < 1.29 is 19.4 Å². The summed E-state index contributed by atoms with van der Waals surface area (Å²) in [5, 5.41) is 10.8. The van der Waals surface area contributed by atoms with E-state index >= 15 is 0 Å². The first-order valence-corrected chi connectivity index (χ1v) is 6.25. The zero-order valence-electron chi connectivity index (χ0n) is 10.4. The largest absolute Gasteiger partial charge is 0.467 e. The Labute approximate surface area is 101 Å². The highest BCUT2D eigenvalue weighted by Crippen LogP contribution is 2.63. The summed E-state index contributed by atoms with van der Waals surface area (Å²) in [4.78, 5) is 22.5. The molecule has 4 atom stereocenters. The molecule has 2 fully saturated rings. The summed E-state index contributed by atoms with van der Waals surface area (Å²) in [7, 11) is 1.31. The second-order valence-electron chi connectivity index (χ2n) is 5.59. The maximum atomic E-state index is 11.9. The van der Waals surface area contributed by atoms with Crippen LogP contribution in [0.1, 0.15) is 39.0 Å². The van der Waals surface area contributed by atoms with Crippen LogP contribution in [0.2, 0.25) is 0 Å². The fourth-order valence-electron chi connectivity index (χ4n) is 4.03. The maximum absolute atomic E-state index is 11.9. The number of methoxy groups -OCH3 is 1.